The van der Waals surface area contributed by atoms with Gasteiger partial charge < -0.3 is 20.4 Å². The Bertz CT molecular complexity index is 806. The normalized spacial score (nSPS) is 14.3. The van der Waals surface area contributed by atoms with Crippen molar-refractivity contribution in [3.8, 4) is 0 Å². The van der Waals surface area contributed by atoms with Gasteiger partial charge in [0.1, 0.15) is 5.82 Å². The lowest BCUT2D eigenvalue weighted by molar-refractivity contribution is -0.131. The van der Waals surface area contributed by atoms with Crippen LogP contribution in [0.5, 0.6) is 0 Å². The van der Waals surface area contributed by atoms with Gasteiger partial charge in [-0.1, -0.05) is 6.07 Å². The summed E-state index contributed by atoms with van der Waals surface area (Å²) in [6.07, 6.45) is 3.11. The molecule has 1 aliphatic rings. The minimum Gasteiger partial charge on any atom is -0.356 e. The largest absolute Gasteiger partial charge is 0.356 e. The van der Waals surface area contributed by atoms with Crippen molar-refractivity contribution in [2.24, 2.45) is 4.99 Å². The summed E-state index contributed by atoms with van der Waals surface area (Å²) in [5.41, 5.74) is 1.09. The summed E-state index contributed by atoms with van der Waals surface area (Å²) < 4.78 is 0. The molecule has 3 rings (SSSR count). The van der Waals surface area contributed by atoms with Gasteiger partial charge >= 0.3 is 0 Å². The molecule has 2 aromatic rings. The van der Waals surface area contributed by atoms with E-state index >= 15 is 0 Å². The highest BCUT2D eigenvalue weighted by molar-refractivity contribution is 14.0. The fraction of sp³-hybridized carbons (Fsp3) is 0.500. The molecule has 0 unspecified atom stereocenters. The van der Waals surface area contributed by atoms with E-state index in [0.29, 0.717) is 18.9 Å². The molecular weight excluding hydrogens is 513 g/mol. The highest BCUT2D eigenvalue weighted by Crippen LogP contribution is 2.13. The van der Waals surface area contributed by atoms with Crippen LogP contribution in [0.1, 0.15) is 17.1 Å². The lowest BCUT2D eigenvalue weighted by Crippen LogP contribution is -2.49. The number of aromatic nitrogens is 2. The molecule has 0 saturated carbocycles. The molecule has 1 amide bonds. The molecule has 0 aliphatic carbocycles. The molecule has 0 aromatic carbocycles. The number of nitrogens with one attached hydrogen (secondary N) is 2. The Labute approximate surface area is 199 Å². The molecule has 3 heterocycles. The molecule has 0 radical (unpaired) electrons. The molecular formula is C20H30IN7OS. The number of halogens is 1. The number of aliphatic imine (C=N–C) groups is 1. The molecule has 2 N–H and O–H groups in total. The monoisotopic (exact) mass is 543 g/mol. The highest BCUT2D eigenvalue weighted by atomic mass is 127. The van der Waals surface area contributed by atoms with Crippen LogP contribution >= 0.6 is 35.3 Å². The van der Waals surface area contributed by atoms with E-state index in [0.717, 1.165) is 55.7 Å². The van der Waals surface area contributed by atoms with Crippen molar-refractivity contribution in [3.05, 3.63) is 40.5 Å². The zero-order valence-corrected chi connectivity index (χ0v) is 20.7. The number of guanidine groups is 1. The van der Waals surface area contributed by atoms with Crippen molar-refractivity contribution in [1.82, 2.24) is 25.5 Å². The zero-order chi connectivity index (χ0) is 20.5. The third-order valence-corrected chi connectivity index (χ3v) is 5.62. The van der Waals surface area contributed by atoms with Gasteiger partial charge in [-0.25, -0.2) is 9.97 Å². The van der Waals surface area contributed by atoms with Gasteiger partial charge in [-0.3, -0.25) is 9.79 Å². The maximum Gasteiger partial charge on any atom is 0.224 e. The molecule has 0 spiro atoms. The van der Waals surface area contributed by atoms with Gasteiger partial charge in [0.15, 0.2) is 5.96 Å². The number of amides is 1. The first-order valence-corrected chi connectivity index (χ1v) is 10.8. The first-order valence-electron chi connectivity index (χ1n) is 9.95. The minimum atomic E-state index is 0. The second-order valence-corrected chi connectivity index (χ2v) is 7.90. The van der Waals surface area contributed by atoms with E-state index in [4.69, 9.17) is 0 Å². The number of thiazole rings is 1. The van der Waals surface area contributed by atoms with Crippen LogP contribution in [0.3, 0.4) is 0 Å². The van der Waals surface area contributed by atoms with E-state index in [2.05, 4.69) is 35.9 Å². The van der Waals surface area contributed by atoms with E-state index in [1.807, 2.05) is 30.0 Å². The Balaban J connectivity index is 0.00000320. The maximum atomic E-state index is 12.5. The van der Waals surface area contributed by atoms with Gasteiger partial charge in [0, 0.05) is 70.7 Å². The van der Waals surface area contributed by atoms with E-state index in [9.17, 15) is 4.79 Å². The van der Waals surface area contributed by atoms with Crippen LogP contribution in [0.4, 0.5) is 5.82 Å². The number of carbonyl (C=O) groups is 1. The summed E-state index contributed by atoms with van der Waals surface area (Å²) in [5, 5.41) is 9.66. The average molecular weight is 543 g/mol. The first kappa shape index (κ1) is 24.3. The molecule has 10 heteroatoms. The molecule has 8 nitrogen and oxygen atoms in total. The predicted octanol–water partition coefficient (Wildman–Crippen LogP) is 1.91. The number of carbonyl (C=O) groups excluding carboxylic acids is 1. The van der Waals surface area contributed by atoms with E-state index in [-0.39, 0.29) is 29.9 Å². The number of piperazine rings is 1. The summed E-state index contributed by atoms with van der Waals surface area (Å²) in [4.78, 5) is 29.7. The molecule has 0 atom stereocenters. The number of hydrogen-bond donors (Lipinski definition) is 2. The van der Waals surface area contributed by atoms with Crippen molar-refractivity contribution < 1.29 is 4.79 Å². The summed E-state index contributed by atoms with van der Waals surface area (Å²) in [6.45, 7) is 6.43. The fourth-order valence-electron chi connectivity index (χ4n) is 3.22. The van der Waals surface area contributed by atoms with E-state index < -0.39 is 0 Å². The van der Waals surface area contributed by atoms with Gasteiger partial charge in [0.05, 0.1) is 10.7 Å². The van der Waals surface area contributed by atoms with Crippen molar-refractivity contribution in [2.75, 3.05) is 51.2 Å². The lowest BCUT2D eigenvalue weighted by Gasteiger charge is -2.35. The molecule has 2 aromatic heterocycles. The zero-order valence-electron chi connectivity index (χ0n) is 17.5. The second-order valence-electron chi connectivity index (χ2n) is 6.84. The molecule has 1 fully saturated rings. The van der Waals surface area contributed by atoms with Gasteiger partial charge in [0.2, 0.25) is 5.91 Å². The van der Waals surface area contributed by atoms with Gasteiger partial charge in [-0.05, 0) is 19.1 Å². The Hall–Kier alpha value is -1.95. The number of nitrogens with zero attached hydrogens (tertiary/aromatic N) is 5. The van der Waals surface area contributed by atoms with Gasteiger partial charge in [-0.2, -0.15) is 0 Å². The third-order valence-electron chi connectivity index (χ3n) is 4.80. The van der Waals surface area contributed by atoms with Crippen LogP contribution in [-0.4, -0.2) is 73.1 Å². The second kappa shape index (κ2) is 12.7. The van der Waals surface area contributed by atoms with Crippen LogP contribution in [0.2, 0.25) is 0 Å². The minimum absolute atomic E-state index is 0. The standard InChI is InChI=1S/C20H29N7OS.HI/c1-16-25-17(15-29-16)6-9-23-20(21-2)24-10-7-19(28)27-13-11-26(12-14-27)18-5-3-4-8-22-18;/h3-5,8,15H,6-7,9-14H2,1-2H3,(H2,21,23,24);1H. The average Bonchev–Trinajstić information content (AvgIpc) is 3.18. The highest BCUT2D eigenvalue weighted by Gasteiger charge is 2.21. The van der Waals surface area contributed by atoms with E-state index in [1.165, 1.54) is 0 Å². The third kappa shape index (κ3) is 7.38. The summed E-state index contributed by atoms with van der Waals surface area (Å²) >= 11 is 1.66. The van der Waals surface area contributed by atoms with Crippen molar-refractivity contribution in [3.63, 3.8) is 0 Å². The molecule has 164 valence electrons. The Morgan fingerprint density at radius 2 is 1.97 bits per heavy atom. The topological polar surface area (TPSA) is 85.8 Å². The Morgan fingerprint density at radius 3 is 2.60 bits per heavy atom. The van der Waals surface area contributed by atoms with E-state index in [1.54, 1.807) is 24.6 Å². The number of pyridine rings is 1. The van der Waals surface area contributed by atoms with Crippen LogP contribution in [-0.2, 0) is 11.2 Å². The Kier molecular flexibility index (Phi) is 10.3. The number of hydrogen-bond acceptors (Lipinski definition) is 6. The summed E-state index contributed by atoms with van der Waals surface area (Å²) in [6, 6.07) is 5.92. The number of aryl methyl sites for hydroxylation is 1. The fourth-order valence-corrected chi connectivity index (χ4v) is 3.87. The first-order chi connectivity index (χ1) is 14.2. The van der Waals surface area contributed by atoms with Crippen LogP contribution < -0.4 is 15.5 Å². The quantitative estimate of drug-likeness (QED) is 0.316. The molecule has 1 saturated heterocycles. The molecule has 1 aliphatic heterocycles. The van der Waals surface area contributed by atoms with Crippen LogP contribution in [0.15, 0.2) is 34.8 Å². The summed E-state index contributed by atoms with van der Waals surface area (Å²) in [5.74, 6) is 1.86. The SMILES string of the molecule is CN=C(NCCC(=O)N1CCN(c2ccccn2)CC1)NCCc1csc(C)n1.I. The summed E-state index contributed by atoms with van der Waals surface area (Å²) in [7, 11) is 1.74. The van der Waals surface area contributed by atoms with Gasteiger partial charge in [0.25, 0.3) is 0 Å². The maximum absolute atomic E-state index is 12.5. The van der Waals surface area contributed by atoms with Crippen molar-refractivity contribution in [1.29, 1.82) is 0 Å². The lowest BCUT2D eigenvalue weighted by atomic mass is 10.2. The number of anilines is 1. The van der Waals surface area contributed by atoms with Crippen LogP contribution in [0, 0.1) is 6.92 Å². The molecule has 0 bridgehead atoms. The number of rotatable bonds is 7. The van der Waals surface area contributed by atoms with Crippen molar-refractivity contribution >= 4 is 53.0 Å². The predicted molar refractivity (Wildman–Crippen MR) is 133 cm³/mol. The van der Waals surface area contributed by atoms with Gasteiger partial charge in [-0.15, -0.1) is 35.3 Å². The Morgan fingerprint density at radius 1 is 1.20 bits per heavy atom. The molecule has 30 heavy (non-hydrogen) atoms. The van der Waals surface area contributed by atoms with Crippen molar-refractivity contribution in [2.45, 2.75) is 19.8 Å². The van der Waals surface area contributed by atoms with Crippen LogP contribution in [0.25, 0.3) is 0 Å². The smallest absolute Gasteiger partial charge is 0.224 e.